The molecule has 0 spiro atoms. The Labute approximate surface area is 157 Å². The minimum Gasteiger partial charge on any atom is -0.495 e. The lowest BCUT2D eigenvalue weighted by molar-refractivity contribution is -0.116. The van der Waals surface area contributed by atoms with Crippen LogP contribution < -0.4 is 10.1 Å². The fourth-order valence-corrected chi connectivity index (χ4v) is 2.82. The van der Waals surface area contributed by atoms with Crippen molar-refractivity contribution in [2.24, 2.45) is 0 Å². The predicted molar refractivity (Wildman–Crippen MR) is 97.7 cm³/mol. The van der Waals surface area contributed by atoms with E-state index in [1.54, 1.807) is 18.2 Å². The van der Waals surface area contributed by atoms with Gasteiger partial charge in [-0.15, -0.1) is 0 Å². The summed E-state index contributed by atoms with van der Waals surface area (Å²) in [6.45, 7) is -0.196. The van der Waals surface area contributed by atoms with E-state index in [4.69, 9.17) is 16.3 Å². The average Bonchev–Trinajstić information content (AvgIpc) is 2.54. The molecule has 25 heavy (non-hydrogen) atoms. The Hall–Kier alpha value is -2.12. The number of hydrogen-bond acceptors (Lipinski definition) is 3. The summed E-state index contributed by atoms with van der Waals surface area (Å²) >= 11 is 9.06. The molecule has 0 aliphatic rings. The lowest BCUT2D eigenvalue weighted by Crippen LogP contribution is -2.35. The van der Waals surface area contributed by atoms with E-state index in [2.05, 4.69) is 21.2 Å². The van der Waals surface area contributed by atoms with Crippen LogP contribution in [0.4, 0.5) is 10.1 Å². The first-order chi connectivity index (χ1) is 11.8. The molecule has 0 saturated carbocycles. The number of halogens is 3. The second kappa shape index (κ2) is 8.31. The van der Waals surface area contributed by atoms with E-state index in [-0.39, 0.29) is 12.1 Å². The van der Waals surface area contributed by atoms with Gasteiger partial charge in [-0.1, -0.05) is 11.6 Å². The van der Waals surface area contributed by atoms with E-state index in [0.29, 0.717) is 20.9 Å². The first kappa shape index (κ1) is 19.2. The second-order valence-corrected chi connectivity index (χ2v) is 6.47. The number of carbonyl (C=O) groups excluding carboxylic acids is 2. The fraction of sp³-hybridized carbons (Fsp3) is 0.176. The van der Waals surface area contributed by atoms with Crippen molar-refractivity contribution in [3.8, 4) is 5.75 Å². The third-order valence-electron chi connectivity index (χ3n) is 3.32. The van der Waals surface area contributed by atoms with Gasteiger partial charge < -0.3 is 15.0 Å². The molecule has 0 bridgehead atoms. The van der Waals surface area contributed by atoms with E-state index in [9.17, 15) is 14.0 Å². The first-order valence-corrected chi connectivity index (χ1v) is 8.33. The number of methoxy groups -OCH3 is 1. The molecule has 0 saturated heterocycles. The van der Waals surface area contributed by atoms with Crippen LogP contribution in [0.15, 0.2) is 40.9 Å². The van der Waals surface area contributed by atoms with E-state index < -0.39 is 17.6 Å². The Morgan fingerprint density at radius 1 is 1.28 bits per heavy atom. The molecule has 0 atom stereocenters. The van der Waals surface area contributed by atoms with E-state index in [1.165, 1.54) is 37.3 Å². The third-order valence-corrected chi connectivity index (χ3v) is 4.22. The van der Waals surface area contributed by atoms with Crippen molar-refractivity contribution >= 4 is 45.0 Å². The van der Waals surface area contributed by atoms with Crippen LogP contribution >= 0.6 is 27.5 Å². The highest BCUT2D eigenvalue weighted by molar-refractivity contribution is 9.10. The van der Waals surface area contributed by atoms with Crippen LogP contribution in [0, 0.1) is 5.82 Å². The minimum atomic E-state index is -0.461. The molecule has 132 valence electrons. The van der Waals surface area contributed by atoms with Crippen LogP contribution in [0.2, 0.25) is 5.02 Å². The Bertz CT molecular complexity index is 816. The van der Waals surface area contributed by atoms with Crippen LogP contribution in [-0.4, -0.2) is 37.4 Å². The molecule has 0 aliphatic heterocycles. The van der Waals surface area contributed by atoms with Crippen molar-refractivity contribution in [2.75, 3.05) is 26.0 Å². The van der Waals surface area contributed by atoms with Gasteiger partial charge in [0.2, 0.25) is 5.91 Å². The Kier molecular flexibility index (Phi) is 6.39. The number of hydrogen-bond donors (Lipinski definition) is 1. The van der Waals surface area contributed by atoms with Crippen LogP contribution in [0.3, 0.4) is 0 Å². The monoisotopic (exact) mass is 428 g/mol. The first-order valence-electron chi connectivity index (χ1n) is 7.15. The molecule has 2 aromatic rings. The number of nitrogens with one attached hydrogen (secondary N) is 1. The standard InChI is InChI=1S/C17H15BrClFN2O3/c1-22(17(24)12-5-4-11(20)8-13(12)18)9-16(23)21-14-7-10(19)3-6-15(14)25-2/h3-8H,9H2,1-2H3,(H,21,23). The molecule has 2 rings (SSSR count). The van der Waals surface area contributed by atoms with Crippen molar-refractivity contribution in [1.29, 1.82) is 0 Å². The number of rotatable bonds is 5. The number of nitrogens with zero attached hydrogens (tertiary/aromatic N) is 1. The zero-order chi connectivity index (χ0) is 18.6. The molecule has 0 unspecified atom stereocenters. The van der Waals surface area contributed by atoms with E-state index >= 15 is 0 Å². The third kappa shape index (κ3) is 4.93. The molecule has 2 aromatic carbocycles. The maximum atomic E-state index is 13.1. The second-order valence-electron chi connectivity index (χ2n) is 5.18. The smallest absolute Gasteiger partial charge is 0.255 e. The van der Waals surface area contributed by atoms with Gasteiger partial charge in [-0.25, -0.2) is 4.39 Å². The van der Waals surface area contributed by atoms with Gasteiger partial charge in [-0.05, 0) is 52.3 Å². The molecule has 8 heteroatoms. The Morgan fingerprint density at radius 2 is 2.00 bits per heavy atom. The van der Waals surface area contributed by atoms with Crippen molar-refractivity contribution in [3.05, 3.63) is 57.3 Å². The van der Waals surface area contributed by atoms with Crippen LogP contribution in [0.5, 0.6) is 5.75 Å². The van der Waals surface area contributed by atoms with E-state index in [0.717, 1.165) is 0 Å². The molecule has 0 aliphatic carbocycles. The van der Waals surface area contributed by atoms with Gasteiger partial charge >= 0.3 is 0 Å². The lowest BCUT2D eigenvalue weighted by atomic mass is 10.2. The predicted octanol–water partition coefficient (Wildman–Crippen LogP) is 3.96. The normalized spacial score (nSPS) is 10.3. The Morgan fingerprint density at radius 3 is 2.64 bits per heavy atom. The maximum absolute atomic E-state index is 13.1. The summed E-state index contributed by atoms with van der Waals surface area (Å²) in [5.41, 5.74) is 0.667. The maximum Gasteiger partial charge on any atom is 0.255 e. The van der Waals surface area contributed by atoms with Crippen molar-refractivity contribution in [2.45, 2.75) is 0 Å². The molecule has 1 N–H and O–H groups in total. The van der Waals surface area contributed by atoms with Crippen molar-refractivity contribution in [3.63, 3.8) is 0 Å². The fourth-order valence-electron chi connectivity index (χ4n) is 2.12. The largest absolute Gasteiger partial charge is 0.495 e. The lowest BCUT2D eigenvalue weighted by Gasteiger charge is -2.18. The summed E-state index contributed by atoms with van der Waals surface area (Å²) in [4.78, 5) is 25.8. The number of amides is 2. The summed E-state index contributed by atoms with van der Waals surface area (Å²) in [6.07, 6.45) is 0. The van der Waals surface area contributed by atoms with Crippen LogP contribution in [0.25, 0.3) is 0 Å². The average molecular weight is 430 g/mol. The molecule has 0 fully saturated rings. The van der Waals surface area contributed by atoms with Gasteiger partial charge in [0.05, 0.1) is 24.9 Å². The number of ether oxygens (including phenoxy) is 1. The zero-order valence-corrected chi connectivity index (χ0v) is 15.8. The van der Waals surface area contributed by atoms with Crippen molar-refractivity contribution < 1.29 is 18.7 Å². The van der Waals surface area contributed by atoms with Gasteiger partial charge in [-0.3, -0.25) is 9.59 Å². The molecule has 2 amide bonds. The molecule has 0 heterocycles. The number of likely N-dealkylation sites (N-methyl/N-ethyl adjacent to an activating group) is 1. The van der Waals surface area contributed by atoms with Gasteiger partial charge in [-0.2, -0.15) is 0 Å². The summed E-state index contributed by atoms with van der Waals surface area (Å²) in [6, 6.07) is 8.55. The summed E-state index contributed by atoms with van der Waals surface area (Å²) < 4.78 is 18.6. The van der Waals surface area contributed by atoms with Gasteiger partial charge in [0, 0.05) is 16.5 Å². The molecule has 5 nitrogen and oxygen atoms in total. The number of carbonyl (C=O) groups is 2. The highest BCUT2D eigenvalue weighted by Gasteiger charge is 2.18. The van der Waals surface area contributed by atoms with Gasteiger partial charge in [0.25, 0.3) is 5.91 Å². The minimum absolute atomic E-state index is 0.196. The summed E-state index contributed by atoms with van der Waals surface area (Å²) in [7, 11) is 2.95. The van der Waals surface area contributed by atoms with Crippen molar-refractivity contribution in [1.82, 2.24) is 4.90 Å². The zero-order valence-electron chi connectivity index (χ0n) is 13.5. The van der Waals surface area contributed by atoms with E-state index in [1.807, 2.05) is 0 Å². The highest BCUT2D eigenvalue weighted by atomic mass is 79.9. The molecular formula is C17H15BrClFN2O3. The topological polar surface area (TPSA) is 58.6 Å². The molecular weight excluding hydrogens is 415 g/mol. The summed E-state index contributed by atoms with van der Waals surface area (Å²) in [5, 5.41) is 3.09. The quantitative estimate of drug-likeness (QED) is 0.783. The SMILES string of the molecule is COc1ccc(Cl)cc1NC(=O)CN(C)C(=O)c1ccc(F)cc1Br. The van der Waals surface area contributed by atoms with Crippen LogP contribution in [0.1, 0.15) is 10.4 Å². The molecule has 0 aromatic heterocycles. The highest BCUT2D eigenvalue weighted by Crippen LogP contribution is 2.27. The number of benzene rings is 2. The van der Waals surface area contributed by atoms with Crippen LogP contribution in [-0.2, 0) is 4.79 Å². The van der Waals surface area contributed by atoms with Gasteiger partial charge in [0.15, 0.2) is 0 Å². The van der Waals surface area contributed by atoms with Gasteiger partial charge in [0.1, 0.15) is 11.6 Å². The Balaban J connectivity index is 2.07. The molecule has 0 radical (unpaired) electrons. The summed E-state index contributed by atoms with van der Waals surface area (Å²) in [5.74, 6) is -0.848. The number of anilines is 1.